The monoisotopic (exact) mass is 1360 g/mol. The second kappa shape index (κ2) is 67.5. The van der Waals surface area contributed by atoms with Gasteiger partial charge in [0.05, 0.1) is 32.8 Å². The number of rotatable bonds is 68. The van der Waals surface area contributed by atoms with Gasteiger partial charge in [-0.3, -0.25) is 37.3 Å². The van der Waals surface area contributed by atoms with Crippen LogP contribution in [-0.4, -0.2) is 96.7 Å². The minimum Gasteiger partial charge on any atom is -0.462 e. The summed E-state index contributed by atoms with van der Waals surface area (Å²) >= 11 is 0. The number of aliphatic hydroxyl groups excluding tert-OH is 1. The van der Waals surface area contributed by atoms with E-state index in [2.05, 4.69) is 101 Å². The first-order chi connectivity index (χ1) is 45.7. The normalized spacial score (nSPS) is 14.6. The minimum absolute atomic E-state index is 0.0559. The molecule has 3 N–H and O–H groups in total. The summed E-state index contributed by atoms with van der Waals surface area (Å²) < 4.78 is 68.2. The third-order valence-corrected chi connectivity index (χ3v) is 17.0. The highest BCUT2D eigenvalue weighted by molar-refractivity contribution is 7.47. The maximum Gasteiger partial charge on any atom is 0.472 e. The third kappa shape index (κ3) is 66.6. The van der Waals surface area contributed by atoms with Gasteiger partial charge in [-0.05, 0) is 83.5 Å². The van der Waals surface area contributed by atoms with Gasteiger partial charge in [0.2, 0.25) is 0 Å². The Bertz CT molecular complexity index is 2170. The van der Waals surface area contributed by atoms with Gasteiger partial charge in [0.25, 0.3) is 0 Å². The van der Waals surface area contributed by atoms with Crippen LogP contribution in [0.1, 0.15) is 297 Å². The fraction of sp³-hybridized carbons (Fsp3) is 0.733. The van der Waals surface area contributed by atoms with E-state index < -0.39 is 97.5 Å². The predicted octanol–water partition coefficient (Wildman–Crippen LogP) is 20.4. The van der Waals surface area contributed by atoms with Crippen LogP contribution in [-0.2, 0) is 65.4 Å². The summed E-state index contributed by atoms with van der Waals surface area (Å²) in [5, 5.41) is 10.6. The lowest BCUT2D eigenvalue weighted by Crippen LogP contribution is -2.30. The molecule has 0 aromatic heterocycles. The van der Waals surface area contributed by atoms with E-state index in [1.165, 1.54) is 96.3 Å². The maximum absolute atomic E-state index is 13.0. The largest absolute Gasteiger partial charge is 0.472 e. The molecule has 19 heteroatoms. The van der Waals surface area contributed by atoms with Crippen LogP contribution < -0.4 is 0 Å². The molecule has 5 unspecified atom stereocenters. The van der Waals surface area contributed by atoms with Gasteiger partial charge in [-0.1, -0.05) is 285 Å². The van der Waals surface area contributed by atoms with Gasteiger partial charge < -0.3 is 33.8 Å². The Morgan fingerprint density at radius 2 is 0.596 bits per heavy atom. The molecule has 0 saturated heterocycles. The van der Waals surface area contributed by atoms with Gasteiger partial charge in [-0.2, -0.15) is 0 Å². The Morgan fingerprint density at radius 1 is 0.319 bits per heavy atom. The summed E-state index contributed by atoms with van der Waals surface area (Å²) in [5.74, 6) is -2.33. The fourth-order valence-electron chi connectivity index (χ4n) is 9.60. The second-order valence-electron chi connectivity index (χ2n) is 24.2. The van der Waals surface area contributed by atoms with Gasteiger partial charge >= 0.3 is 39.5 Å². The number of phosphoric acid groups is 2. The van der Waals surface area contributed by atoms with Crippen LogP contribution in [0.4, 0.5) is 0 Å². The Labute approximate surface area is 569 Å². The summed E-state index contributed by atoms with van der Waals surface area (Å²) in [6.45, 7) is 4.51. The number of unbranched alkanes of at least 4 members (excludes halogenated alkanes) is 27. The zero-order valence-corrected chi connectivity index (χ0v) is 60.7. The van der Waals surface area contributed by atoms with Crippen molar-refractivity contribution in [1.82, 2.24) is 0 Å². The van der Waals surface area contributed by atoms with E-state index in [0.29, 0.717) is 25.7 Å². The maximum atomic E-state index is 13.0. The molecule has 0 heterocycles. The average molecular weight is 1370 g/mol. The molecule has 0 aromatic carbocycles. The van der Waals surface area contributed by atoms with Gasteiger partial charge in [0.15, 0.2) is 12.2 Å². The highest BCUT2D eigenvalue weighted by Crippen LogP contribution is 2.45. The first kappa shape index (κ1) is 90.0. The SMILES string of the molecule is CC/C=C\C/C=C\C/C=C\C/C=C\C/C=C\CC(=O)OCC(COP(=O)(O)OCC(O)COP(=O)(O)OCC(COC(=O)CCCCCCCCCCCCCCC)OC(=O)CCCCCCCCCCCCC)OC(=O)CCCCCCC/C=C\C/C=C\C/C=C\CC. The molecule has 0 fully saturated rings. The average Bonchev–Trinajstić information content (AvgIpc) is 1.36. The lowest BCUT2D eigenvalue weighted by molar-refractivity contribution is -0.161. The first-order valence-electron chi connectivity index (χ1n) is 36.5. The van der Waals surface area contributed by atoms with Crippen LogP contribution in [0.2, 0.25) is 0 Å². The van der Waals surface area contributed by atoms with Crippen LogP contribution >= 0.6 is 15.6 Å². The fourth-order valence-corrected chi connectivity index (χ4v) is 11.2. The number of aliphatic hydroxyl groups is 1. The Morgan fingerprint density at radius 3 is 0.947 bits per heavy atom. The van der Waals surface area contributed by atoms with Gasteiger partial charge in [-0.15, -0.1) is 0 Å². The smallest absolute Gasteiger partial charge is 0.462 e. The molecule has 542 valence electrons. The van der Waals surface area contributed by atoms with Crippen molar-refractivity contribution in [3.63, 3.8) is 0 Å². The Balaban J connectivity index is 5.39. The van der Waals surface area contributed by atoms with Crippen molar-refractivity contribution >= 4 is 39.5 Å². The first-order valence-corrected chi connectivity index (χ1v) is 39.5. The summed E-state index contributed by atoms with van der Waals surface area (Å²) in [5.41, 5.74) is 0. The van der Waals surface area contributed by atoms with E-state index in [0.717, 1.165) is 122 Å². The Kier molecular flexibility index (Phi) is 64.7. The summed E-state index contributed by atoms with van der Waals surface area (Å²) in [6.07, 6.45) is 68.7. The van der Waals surface area contributed by atoms with Crippen LogP contribution in [0.15, 0.2) is 97.2 Å². The van der Waals surface area contributed by atoms with Gasteiger partial charge in [-0.25, -0.2) is 9.13 Å². The van der Waals surface area contributed by atoms with Crippen molar-refractivity contribution in [2.24, 2.45) is 0 Å². The highest BCUT2D eigenvalue weighted by atomic mass is 31.2. The molecule has 0 amide bonds. The predicted molar refractivity (Wildman–Crippen MR) is 381 cm³/mol. The molecule has 0 aliphatic heterocycles. The topological polar surface area (TPSA) is 237 Å². The molecule has 0 aliphatic rings. The zero-order valence-electron chi connectivity index (χ0n) is 58.9. The van der Waals surface area contributed by atoms with Crippen molar-refractivity contribution in [1.29, 1.82) is 0 Å². The molecular weight excluding hydrogens is 1230 g/mol. The van der Waals surface area contributed by atoms with E-state index in [9.17, 15) is 43.2 Å². The zero-order chi connectivity index (χ0) is 69.0. The molecule has 94 heavy (non-hydrogen) atoms. The number of esters is 4. The Hall–Kier alpha value is -4.02. The van der Waals surface area contributed by atoms with Gasteiger partial charge in [0.1, 0.15) is 19.3 Å². The summed E-state index contributed by atoms with van der Waals surface area (Å²) in [4.78, 5) is 72.6. The molecule has 0 radical (unpaired) electrons. The lowest BCUT2D eigenvalue weighted by atomic mass is 10.0. The molecule has 5 atom stereocenters. The van der Waals surface area contributed by atoms with Crippen molar-refractivity contribution in [2.45, 2.75) is 316 Å². The van der Waals surface area contributed by atoms with Crippen LogP contribution in [0.3, 0.4) is 0 Å². The van der Waals surface area contributed by atoms with E-state index in [-0.39, 0.29) is 25.7 Å². The van der Waals surface area contributed by atoms with E-state index >= 15 is 0 Å². The van der Waals surface area contributed by atoms with E-state index in [4.69, 9.17) is 37.0 Å². The molecule has 0 spiro atoms. The molecule has 0 aromatic rings. The van der Waals surface area contributed by atoms with Crippen molar-refractivity contribution in [3.05, 3.63) is 97.2 Å². The molecule has 0 aliphatic carbocycles. The molecular formula is C75H130O17P2. The lowest BCUT2D eigenvalue weighted by Gasteiger charge is -2.21. The summed E-state index contributed by atoms with van der Waals surface area (Å²) in [7, 11) is -9.96. The van der Waals surface area contributed by atoms with Crippen LogP contribution in [0.25, 0.3) is 0 Å². The molecule has 0 bridgehead atoms. The standard InChI is InChI=1S/C75H130O17P2/c1-5-9-13-17-21-25-29-32-34-37-41-44-48-52-56-60-73(78)86-66-71(92-75(80)62-58-54-50-46-42-38-35-33-30-26-22-18-14-10-6-2)68-90-94(83,84)88-64-69(76)63-87-93(81,82)89-67-70(91-74(79)61-57-53-49-45-39-28-24-20-16-12-8-4)65-85-72(77)59-55-51-47-43-40-36-31-27-23-19-15-11-7-3/h9-10,13-14,21-22,25-26,32-35,41,44,52,56,69-71,76H,5-8,11-12,15-20,23-24,27-31,36-40,42-43,45-51,53-55,57-68H2,1-4H3,(H,81,82)(H,83,84)/b13-9-,14-10-,25-21-,26-22-,34-32-,35-33-,44-41-,56-52-. The number of hydrogen-bond donors (Lipinski definition) is 3. The molecule has 0 saturated carbocycles. The van der Waals surface area contributed by atoms with E-state index in [1.54, 1.807) is 6.08 Å². The molecule has 17 nitrogen and oxygen atoms in total. The second-order valence-corrected chi connectivity index (χ2v) is 27.1. The van der Waals surface area contributed by atoms with Crippen molar-refractivity contribution in [3.8, 4) is 0 Å². The summed E-state index contributed by atoms with van der Waals surface area (Å²) in [6, 6.07) is 0. The van der Waals surface area contributed by atoms with Crippen LogP contribution in [0.5, 0.6) is 0 Å². The number of carbonyl (C=O) groups is 4. The number of allylic oxidation sites excluding steroid dienone is 15. The van der Waals surface area contributed by atoms with Gasteiger partial charge in [0, 0.05) is 19.3 Å². The number of hydrogen-bond acceptors (Lipinski definition) is 15. The van der Waals surface area contributed by atoms with Crippen LogP contribution in [0, 0.1) is 0 Å². The van der Waals surface area contributed by atoms with Crippen molar-refractivity contribution < 1.29 is 80.2 Å². The third-order valence-electron chi connectivity index (χ3n) is 15.1. The number of carbonyl (C=O) groups excluding carboxylic acids is 4. The van der Waals surface area contributed by atoms with Crippen molar-refractivity contribution in [2.75, 3.05) is 39.6 Å². The number of ether oxygens (including phenoxy) is 4. The quantitative estimate of drug-likeness (QED) is 0.0169. The molecule has 0 rings (SSSR count). The number of phosphoric ester groups is 2. The highest BCUT2D eigenvalue weighted by Gasteiger charge is 2.30. The van der Waals surface area contributed by atoms with E-state index in [1.807, 2.05) is 18.2 Å². The minimum atomic E-state index is -4.99.